The molecule has 0 radical (unpaired) electrons. The Hall–Kier alpha value is -2.07. The number of ether oxygens (including phenoxy) is 1. The van der Waals surface area contributed by atoms with Crippen molar-refractivity contribution >= 4 is 23.4 Å². The van der Waals surface area contributed by atoms with Gasteiger partial charge in [0.15, 0.2) is 5.78 Å². The highest BCUT2D eigenvalue weighted by molar-refractivity contribution is 6.35. The zero-order chi connectivity index (χ0) is 17.3. The molecule has 0 saturated carbocycles. The van der Waals surface area contributed by atoms with E-state index in [4.69, 9.17) is 16.3 Å². The lowest BCUT2D eigenvalue weighted by atomic mass is 9.96. The van der Waals surface area contributed by atoms with E-state index in [9.17, 15) is 9.59 Å². The van der Waals surface area contributed by atoms with Gasteiger partial charge in [-0.15, -0.1) is 0 Å². The van der Waals surface area contributed by atoms with E-state index in [1.54, 1.807) is 11.5 Å². The van der Waals surface area contributed by atoms with Crippen molar-refractivity contribution in [3.63, 3.8) is 0 Å². The maximum Gasteiger partial charge on any atom is 0.356 e. The Morgan fingerprint density at radius 3 is 2.62 bits per heavy atom. The highest BCUT2D eigenvalue weighted by Crippen LogP contribution is 2.34. The molecule has 1 heterocycles. The van der Waals surface area contributed by atoms with E-state index < -0.39 is 5.97 Å². The predicted octanol–water partition coefficient (Wildman–Crippen LogP) is 4.19. The summed E-state index contributed by atoms with van der Waals surface area (Å²) in [6.45, 7) is 4.47. The molecule has 5 heteroatoms. The van der Waals surface area contributed by atoms with Gasteiger partial charge in [-0.1, -0.05) is 41.4 Å². The Balaban J connectivity index is 2.12. The number of halogens is 1. The smallest absolute Gasteiger partial charge is 0.356 e. The third-order valence-corrected chi connectivity index (χ3v) is 4.73. The van der Waals surface area contributed by atoms with E-state index in [0.29, 0.717) is 35.8 Å². The monoisotopic (exact) mass is 345 g/mol. The number of Topliss-reactive ketones (excluding diaryl/α,β-unsaturated/α-hetero) is 1. The molecule has 0 amide bonds. The van der Waals surface area contributed by atoms with Gasteiger partial charge < -0.3 is 9.30 Å². The van der Waals surface area contributed by atoms with Gasteiger partial charge in [0.2, 0.25) is 0 Å². The minimum Gasteiger partial charge on any atom is -0.461 e. The maximum absolute atomic E-state index is 12.5. The highest BCUT2D eigenvalue weighted by atomic mass is 35.5. The molecule has 24 heavy (non-hydrogen) atoms. The topological polar surface area (TPSA) is 48.3 Å². The fraction of sp³-hybridized carbons (Fsp3) is 0.368. The average Bonchev–Trinajstić information content (AvgIpc) is 2.84. The molecule has 0 bridgehead atoms. The fourth-order valence-electron chi connectivity index (χ4n) is 3.16. The summed E-state index contributed by atoms with van der Waals surface area (Å²) in [6, 6.07) is 8.02. The number of aryl methyl sites for hydroxylation is 1. The number of esters is 1. The van der Waals surface area contributed by atoms with Crippen molar-refractivity contribution in [1.82, 2.24) is 4.57 Å². The molecule has 0 saturated heterocycles. The molecule has 126 valence electrons. The third kappa shape index (κ3) is 2.98. The molecule has 0 spiro atoms. The van der Waals surface area contributed by atoms with Crippen LogP contribution in [0.4, 0.5) is 0 Å². The molecule has 3 rings (SSSR count). The first-order valence-corrected chi connectivity index (χ1v) is 8.57. The molecule has 1 aliphatic carbocycles. The molecule has 0 aliphatic heterocycles. The van der Waals surface area contributed by atoms with Crippen LogP contribution < -0.4 is 0 Å². The molecule has 0 atom stereocenters. The van der Waals surface area contributed by atoms with Crippen LogP contribution in [-0.2, 0) is 17.7 Å². The summed E-state index contributed by atoms with van der Waals surface area (Å²) in [7, 11) is 0. The molecule has 4 nitrogen and oxygen atoms in total. The lowest BCUT2D eigenvalue weighted by Crippen LogP contribution is -2.19. The predicted molar refractivity (Wildman–Crippen MR) is 92.9 cm³/mol. The Morgan fingerprint density at radius 2 is 1.96 bits per heavy atom. The third-order valence-electron chi connectivity index (χ3n) is 4.32. The number of hydrogen-bond acceptors (Lipinski definition) is 3. The van der Waals surface area contributed by atoms with Crippen LogP contribution in [0.5, 0.6) is 0 Å². The van der Waals surface area contributed by atoms with Gasteiger partial charge in [-0.25, -0.2) is 4.79 Å². The minimum atomic E-state index is -0.475. The van der Waals surface area contributed by atoms with Crippen LogP contribution in [0.15, 0.2) is 24.3 Å². The maximum atomic E-state index is 12.5. The summed E-state index contributed by atoms with van der Waals surface area (Å²) < 4.78 is 6.90. The van der Waals surface area contributed by atoms with Gasteiger partial charge in [0.1, 0.15) is 5.69 Å². The van der Waals surface area contributed by atoms with E-state index >= 15 is 0 Å². The van der Waals surface area contributed by atoms with Crippen molar-refractivity contribution in [3.8, 4) is 0 Å². The number of benzene rings is 1. The van der Waals surface area contributed by atoms with Gasteiger partial charge in [0.25, 0.3) is 0 Å². The largest absolute Gasteiger partial charge is 0.461 e. The second-order valence-corrected chi connectivity index (χ2v) is 6.44. The molecule has 1 aromatic heterocycles. The standard InChI is InChI=1S/C19H20ClNO3/c1-3-24-19(23)18-16(20)14-5-4-6-15(22)17(14)21(18)11-13-9-7-12(2)8-10-13/h7-10H,3-6,11H2,1-2H3. The fourth-order valence-corrected chi connectivity index (χ4v) is 3.53. The van der Waals surface area contributed by atoms with E-state index in [1.807, 2.05) is 31.2 Å². The Bertz CT molecular complexity index is 790. The van der Waals surface area contributed by atoms with Crippen molar-refractivity contribution in [1.29, 1.82) is 0 Å². The zero-order valence-corrected chi connectivity index (χ0v) is 14.7. The number of ketones is 1. The van der Waals surface area contributed by atoms with Crippen LogP contribution in [0.2, 0.25) is 5.02 Å². The van der Waals surface area contributed by atoms with E-state index in [1.165, 1.54) is 0 Å². The summed E-state index contributed by atoms with van der Waals surface area (Å²) in [6.07, 6.45) is 1.97. The van der Waals surface area contributed by atoms with Crippen LogP contribution in [0.1, 0.15) is 57.4 Å². The molecule has 1 aliphatic rings. The molecular weight excluding hydrogens is 326 g/mol. The Morgan fingerprint density at radius 1 is 1.25 bits per heavy atom. The number of carbonyl (C=O) groups is 2. The van der Waals surface area contributed by atoms with Gasteiger partial charge in [-0.3, -0.25) is 4.79 Å². The quantitative estimate of drug-likeness (QED) is 0.780. The average molecular weight is 346 g/mol. The Kier molecular flexibility index (Phi) is 4.76. The van der Waals surface area contributed by atoms with Crippen molar-refractivity contribution in [3.05, 3.63) is 57.4 Å². The second-order valence-electron chi connectivity index (χ2n) is 6.06. The van der Waals surface area contributed by atoms with Crippen molar-refractivity contribution in [2.75, 3.05) is 6.61 Å². The molecule has 1 aromatic carbocycles. The summed E-state index contributed by atoms with van der Waals surface area (Å²) in [4.78, 5) is 24.9. The van der Waals surface area contributed by atoms with Gasteiger partial charge in [-0.2, -0.15) is 0 Å². The number of fused-ring (bicyclic) bond motifs is 1. The zero-order valence-electron chi connectivity index (χ0n) is 13.9. The normalized spacial score (nSPS) is 13.7. The summed E-state index contributed by atoms with van der Waals surface area (Å²) in [5.74, 6) is -0.433. The molecule has 2 aromatic rings. The molecule has 0 fully saturated rings. The number of aromatic nitrogens is 1. The first-order valence-electron chi connectivity index (χ1n) is 8.19. The second kappa shape index (κ2) is 6.81. The summed E-state index contributed by atoms with van der Waals surface area (Å²) in [5, 5.41) is 0.364. The van der Waals surface area contributed by atoms with Gasteiger partial charge in [0.05, 0.1) is 17.3 Å². The van der Waals surface area contributed by atoms with Crippen LogP contribution in [0.25, 0.3) is 0 Å². The highest BCUT2D eigenvalue weighted by Gasteiger charge is 2.32. The van der Waals surface area contributed by atoms with Crippen molar-refractivity contribution < 1.29 is 14.3 Å². The van der Waals surface area contributed by atoms with Crippen molar-refractivity contribution in [2.24, 2.45) is 0 Å². The SMILES string of the molecule is CCOC(=O)c1c(Cl)c2c(n1Cc1ccc(C)cc1)C(=O)CCC2. The van der Waals surface area contributed by atoms with Crippen LogP contribution in [0, 0.1) is 6.92 Å². The number of carbonyl (C=O) groups excluding carboxylic acids is 2. The number of hydrogen-bond donors (Lipinski definition) is 0. The Labute approximate surface area is 146 Å². The first-order chi connectivity index (χ1) is 11.5. The lowest BCUT2D eigenvalue weighted by molar-refractivity contribution is 0.0514. The van der Waals surface area contributed by atoms with E-state index in [2.05, 4.69) is 0 Å². The summed E-state index contributed by atoms with van der Waals surface area (Å²) in [5.41, 5.74) is 3.81. The molecular formula is C19H20ClNO3. The minimum absolute atomic E-state index is 0.0424. The lowest BCUT2D eigenvalue weighted by Gasteiger charge is -2.16. The van der Waals surface area contributed by atoms with Crippen LogP contribution in [-0.4, -0.2) is 22.9 Å². The van der Waals surface area contributed by atoms with Gasteiger partial charge in [0, 0.05) is 18.5 Å². The molecule has 0 unspecified atom stereocenters. The van der Waals surface area contributed by atoms with Gasteiger partial charge in [-0.05, 0) is 32.3 Å². The summed E-state index contributed by atoms with van der Waals surface area (Å²) >= 11 is 6.46. The van der Waals surface area contributed by atoms with E-state index in [0.717, 1.165) is 23.1 Å². The van der Waals surface area contributed by atoms with E-state index in [-0.39, 0.29) is 12.4 Å². The number of nitrogens with zero attached hydrogens (tertiary/aromatic N) is 1. The van der Waals surface area contributed by atoms with Crippen LogP contribution >= 0.6 is 11.6 Å². The van der Waals surface area contributed by atoms with Gasteiger partial charge >= 0.3 is 5.97 Å². The number of rotatable bonds is 4. The van der Waals surface area contributed by atoms with Crippen LogP contribution in [0.3, 0.4) is 0 Å². The van der Waals surface area contributed by atoms with Crippen molar-refractivity contribution in [2.45, 2.75) is 39.7 Å². The molecule has 0 N–H and O–H groups in total. The first kappa shape index (κ1) is 16.8.